The lowest BCUT2D eigenvalue weighted by Gasteiger charge is -2.29. The Morgan fingerprint density at radius 3 is 2.55 bits per heavy atom. The Morgan fingerprint density at radius 1 is 1.17 bits per heavy atom. The maximum absolute atomic E-state index is 12.9. The number of thioether (sulfide) groups is 1. The molecule has 0 saturated carbocycles. The monoisotopic (exact) mass is 421 g/mol. The van der Waals surface area contributed by atoms with Gasteiger partial charge < -0.3 is 24.6 Å². The summed E-state index contributed by atoms with van der Waals surface area (Å²) in [5.74, 6) is 1.76. The SMILES string of the molecule is CCC(=O)N1[C@@H](C(=O)NCCN2CCCC2)CS[C@H]1c1ccc(OC)c(OC)c1. The quantitative estimate of drug-likeness (QED) is 0.694. The molecule has 0 spiro atoms. The Balaban J connectivity index is 1.71. The summed E-state index contributed by atoms with van der Waals surface area (Å²) in [6, 6.07) is 5.21. The molecule has 2 amide bonds. The van der Waals surface area contributed by atoms with Crippen molar-refractivity contribution in [3.05, 3.63) is 23.8 Å². The summed E-state index contributed by atoms with van der Waals surface area (Å²) < 4.78 is 10.7. The predicted octanol–water partition coefficient (Wildman–Crippen LogP) is 2.27. The molecule has 2 saturated heterocycles. The van der Waals surface area contributed by atoms with Crippen LogP contribution in [0.5, 0.6) is 11.5 Å². The first-order valence-electron chi connectivity index (χ1n) is 10.2. The highest BCUT2D eigenvalue weighted by Gasteiger charge is 2.41. The highest BCUT2D eigenvalue weighted by Crippen LogP contribution is 2.44. The third-order valence-electron chi connectivity index (χ3n) is 5.51. The van der Waals surface area contributed by atoms with Gasteiger partial charge in [-0.1, -0.05) is 13.0 Å². The van der Waals surface area contributed by atoms with Crippen LogP contribution in [0.2, 0.25) is 0 Å². The maximum Gasteiger partial charge on any atom is 0.243 e. The number of methoxy groups -OCH3 is 2. The van der Waals surface area contributed by atoms with Gasteiger partial charge in [-0.2, -0.15) is 0 Å². The Hall–Kier alpha value is -1.93. The van der Waals surface area contributed by atoms with E-state index >= 15 is 0 Å². The predicted molar refractivity (Wildman–Crippen MR) is 114 cm³/mol. The van der Waals surface area contributed by atoms with Gasteiger partial charge in [0.05, 0.1) is 14.2 Å². The van der Waals surface area contributed by atoms with Crippen LogP contribution in [0.25, 0.3) is 0 Å². The fraction of sp³-hybridized carbons (Fsp3) is 0.619. The van der Waals surface area contributed by atoms with Gasteiger partial charge in [-0.15, -0.1) is 11.8 Å². The van der Waals surface area contributed by atoms with Gasteiger partial charge in [0.1, 0.15) is 11.4 Å². The lowest BCUT2D eigenvalue weighted by molar-refractivity contribution is -0.139. The number of carbonyl (C=O) groups excluding carboxylic acids is 2. The van der Waals surface area contributed by atoms with Crippen molar-refractivity contribution in [2.24, 2.45) is 0 Å². The number of hydrogen-bond donors (Lipinski definition) is 1. The normalized spacial score (nSPS) is 22.0. The summed E-state index contributed by atoms with van der Waals surface area (Å²) in [5.41, 5.74) is 0.932. The Kier molecular flexibility index (Phi) is 7.66. The summed E-state index contributed by atoms with van der Waals surface area (Å²) in [5, 5.41) is 2.83. The van der Waals surface area contributed by atoms with Crippen molar-refractivity contribution in [3.63, 3.8) is 0 Å². The van der Waals surface area contributed by atoms with Crippen LogP contribution in [0.4, 0.5) is 0 Å². The smallest absolute Gasteiger partial charge is 0.243 e. The molecule has 1 aromatic carbocycles. The molecule has 8 heteroatoms. The second-order valence-electron chi connectivity index (χ2n) is 7.31. The van der Waals surface area contributed by atoms with Crippen molar-refractivity contribution >= 4 is 23.6 Å². The van der Waals surface area contributed by atoms with E-state index in [-0.39, 0.29) is 17.2 Å². The number of ether oxygens (including phenoxy) is 2. The molecule has 160 valence electrons. The number of hydrogen-bond acceptors (Lipinski definition) is 6. The molecule has 29 heavy (non-hydrogen) atoms. The first-order valence-corrected chi connectivity index (χ1v) is 11.3. The van der Waals surface area contributed by atoms with Gasteiger partial charge in [-0.05, 0) is 43.6 Å². The lowest BCUT2D eigenvalue weighted by Crippen LogP contribution is -2.49. The Morgan fingerprint density at radius 2 is 1.90 bits per heavy atom. The van der Waals surface area contributed by atoms with Gasteiger partial charge >= 0.3 is 0 Å². The van der Waals surface area contributed by atoms with Gasteiger partial charge in [-0.25, -0.2) is 0 Å². The third kappa shape index (κ3) is 4.98. The molecule has 0 bridgehead atoms. The standard InChI is InChI=1S/C21H31N3O4S/c1-4-19(25)24-16(20(26)22-9-12-23-10-5-6-11-23)14-29-21(24)15-7-8-17(27-2)18(13-15)28-3/h7-8,13,16,21H,4-6,9-12,14H2,1-3H3,(H,22,26)/t16-,21+/m1/s1. The molecule has 2 fully saturated rings. The summed E-state index contributed by atoms with van der Waals surface area (Å²) in [6.45, 7) is 5.54. The number of rotatable bonds is 8. The molecule has 2 aliphatic rings. The van der Waals surface area contributed by atoms with Crippen LogP contribution in [0, 0.1) is 0 Å². The van der Waals surface area contributed by atoms with Gasteiger partial charge in [0.25, 0.3) is 0 Å². The molecule has 0 aliphatic carbocycles. The van der Waals surface area contributed by atoms with E-state index in [9.17, 15) is 9.59 Å². The van der Waals surface area contributed by atoms with Gasteiger partial charge in [0.15, 0.2) is 11.5 Å². The van der Waals surface area contributed by atoms with Crippen molar-refractivity contribution in [1.29, 1.82) is 0 Å². The minimum Gasteiger partial charge on any atom is -0.493 e. The fourth-order valence-corrected chi connectivity index (χ4v) is 5.36. The summed E-state index contributed by atoms with van der Waals surface area (Å²) in [4.78, 5) is 29.7. The van der Waals surface area contributed by atoms with Crippen LogP contribution in [0.15, 0.2) is 18.2 Å². The van der Waals surface area contributed by atoms with Crippen LogP contribution in [-0.4, -0.2) is 73.8 Å². The zero-order valence-corrected chi connectivity index (χ0v) is 18.3. The number of carbonyl (C=O) groups is 2. The van der Waals surface area contributed by atoms with Crippen LogP contribution >= 0.6 is 11.8 Å². The van der Waals surface area contributed by atoms with E-state index < -0.39 is 6.04 Å². The summed E-state index contributed by atoms with van der Waals surface area (Å²) >= 11 is 1.61. The molecule has 3 rings (SSSR count). The minimum absolute atomic E-state index is 0.0190. The Bertz CT molecular complexity index is 724. The molecule has 2 heterocycles. The van der Waals surface area contributed by atoms with Crippen molar-refractivity contribution in [2.45, 2.75) is 37.6 Å². The molecule has 7 nitrogen and oxygen atoms in total. The van der Waals surface area contributed by atoms with Crippen LogP contribution in [-0.2, 0) is 9.59 Å². The van der Waals surface area contributed by atoms with E-state index in [0.29, 0.717) is 30.2 Å². The van der Waals surface area contributed by atoms with Gasteiger partial charge in [0, 0.05) is 25.3 Å². The minimum atomic E-state index is -0.455. The molecule has 2 aliphatic heterocycles. The second kappa shape index (κ2) is 10.2. The zero-order chi connectivity index (χ0) is 20.8. The topological polar surface area (TPSA) is 71.1 Å². The number of nitrogens with zero attached hydrogens (tertiary/aromatic N) is 2. The molecule has 0 aromatic heterocycles. The number of benzene rings is 1. The number of likely N-dealkylation sites (tertiary alicyclic amines) is 1. The van der Waals surface area contributed by atoms with E-state index in [1.807, 2.05) is 25.1 Å². The molecule has 1 aromatic rings. The molecule has 0 radical (unpaired) electrons. The average Bonchev–Trinajstić information content (AvgIpc) is 3.42. The number of nitrogens with one attached hydrogen (secondary N) is 1. The van der Waals surface area contributed by atoms with Gasteiger partial charge in [-0.3, -0.25) is 9.59 Å². The molecule has 1 N–H and O–H groups in total. The van der Waals surface area contributed by atoms with Crippen molar-refractivity contribution in [3.8, 4) is 11.5 Å². The van der Waals surface area contributed by atoms with E-state index in [2.05, 4.69) is 10.2 Å². The first-order chi connectivity index (χ1) is 14.1. The largest absolute Gasteiger partial charge is 0.493 e. The third-order valence-corrected chi connectivity index (χ3v) is 6.84. The molecular formula is C21H31N3O4S. The molecule has 0 unspecified atom stereocenters. The van der Waals surface area contributed by atoms with Crippen molar-refractivity contribution in [2.75, 3.05) is 46.2 Å². The van der Waals surface area contributed by atoms with Crippen LogP contribution < -0.4 is 14.8 Å². The summed E-state index contributed by atoms with van der Waals surface area (Å²) in [6.07, 6.45) is 2.83. The van der Waals surface area contributed by atoms with Crippen LogP contribution in [0.1, 0.15) is 37.1 Å². The number of amides is 2. The van der Waals surface area contributed by atoms with E-state index in [4.69, 9.17) is 9.47 Å². The zero-order valence-electron chi connectivity index (χ0n) is 17.5. The van der Waals surface area contributed by atoms with Gasteiger partial charge in [0.2, 0.25) is 11.8 Å². The molecular weight excluding hydrogens is 390 g/mol. The van der Waals surface area contributed by atoms with Crippen LogP contribution in [0.3, 0.4) is 0 Å². The second-order valence-corrected chi connectivity index (χ2v) is 8.42. The fourth-order valence-electron chi connectivity index (χ4n) is 3.92. The van der Waals surface area contributed by atoms with E-state index in [1.54, 1.807) is 30.9 Å². The highest BCUT2D eigenvalue weighted by molar-refractivity contribution is 7.99. The van der Waals surface area contributed by atoms with Crippen molar-refractivity contribution < 1.29 is 19.1 Å². The first kappa shape index (κ1) is 21.8. The average molecular weight is 422 g/mol. The van der Waals surface area contributed by atoms with E-state index in [1.165, 1.54) is 12.8 Å². The summed E-state index contributed by atoms with van der Waals surface area (Å²) in [7, 11) is 3.19. The lowest BCUT2D eigenvalue weighted by atomic mass is 10.1. The highest BCUT2D eigenvalue weighted by atomic mass is 32.2. The van der Waals surface area contributed by atoms with Crippen molar-refractivity contribution in [1.82, 2.24) is 15.1 Å². The Labute approximate surface area is 177 Å². The molecule has 2 atom stereocenters. The maximum atomic E-state index is 12.9. The van der Waals surface area contributed by atoms with E-state index in [0.717, 1.165) is 25.2 Å².